The summed E-state index contributed by atoms with van der Waals surface area (Å²) in [4.78, 5) is 2.74. The third kappa shape index (κ3) is 3.76. The van der Waals surface area contributed by atoms with Gasteiger partial charge in [0.05, 0.1) is 6.04 Å². The van der Waals surface area contributed by atoms with Crippen LogP contribution in [0.4, 0.5) is 5.13 Å². The number of hydrogen-bond donors (Lipinski definition) is 1. The van der Waals surface area contributed by atoms with Crippen molar-refractivity contribution in [2.24, 2.45) is 5.92 Å². The smallest absolute Gasteiger partial charge is 0.206 e. The minimum atomic E-state index is 0.282. The third-order valence-electron chi connectivity index (χ3n) is 2.94. The van der Waals surface area contributed by atoms with Crippen LogP contribution in [0.5, 0.6) is 0 Å². The molecule has 1 unspecified atom stereocenters. The molecular weight excluding hydrogens is 274 g/mol. The zero-order valence-electron chi connectivity index (χ0n) is 12.2. The molecule has 3 nitrogen and oxygen atoms in total. The van der Waals surface area contributed by atoms with Crippen LogP contribution in [0.3, 0.4) is 0 Å². The van der Waals surface area contributed by atoms with Crippen molar-refractivity contribution in [3.8, 4) is 0 Å². The summed E-state index contributed by atoms with van der Waals surface area (Å²) >= 11 is 3.52. The normalized spacial score (nSPS) is 12.9. The molecule has 0 aromatic carbocycles. The summed E-state index contributed by atoms with van der Waals surface area (Å²) in [6, 6.07) is 2.54. The maximum absolute atomic E-state index is 4.24. The van der Waals surface area contributed by atoms with Crippen molar-refractivity contribution in [3.63, 3.8) is 0 Å². The molecule has 5 heteroatoms. The first kappa shape index (κ1) is 14.5. The quantitative estimate of drug-likeness (QED) is 0.876. The molecule has 19 heavy (non-hydrogen) atoms. The first-order valence-electron chi connectivity index (χ1n) is 6.61. The Balaban J connectivity index is 2.04. The van der Waals surface area contributed by atoms with Gasteiger partial charge in [-0.1, -0.05) is 25.2 Å². The van der Waals surface area contributed by atoms with Gasteiger partial charge in [0, 0.05) is 16.2 Å². The van der Waals surface area contributed by atoms with Crippen molar-refractivity contribution in [2.45, 2.75) is 47.1 Å². The number of nitrogens with zero attached hydrogens (tertiary/aromatic N) is 2. The zero-order chi connectivity index (χ0) is 14.0. The molecule has 0 aliphatic rings. The second-order valence-corrected chi connectivity index (χ2v) is 7.86. The van der Waals surface area contributed by atoms with E-state index in [1.165, 1.54) is 15.3 Å². The van der Waals surface area contributed by atoms with Gasteiger partial charge in [-0.05, 0) is 38.3 Å². The summed E-state index contributed by atoms with van der Waals surface area (Å²) in [5.74, 6) is 0.625. The lowest BCUT2D eigenvalue weighted by Crippen LogP contribution is -2.06. The SMILES string of the molecule is Cc1cc(C(C)Nc2nnc(CC(C)C)s2)c(C)s1. The number of rotatable bonds is 5. The van der Waals surface area contributed by atoms with Crippen molar-refractivity contribution < 1.29 is 0 Å². The van der Waals surface area contributed by atoms with E-state index < -0.39 is 0 Å². The summed E-state index contributed by atoms with van der Waals surface area (Å²) in [7, 11) is 0. The van der Waals surface area contributed by atoms with E-state index in [9.17, 15) is 0 Å². The van der Waals surface area contributed by atoms with Crippen molar-refractivity contribution in [1.82, 2.24) is 10.2 Å². The van der Waals surface area contributed by atoms with Crippen LogP contribution in [-0.4, -0.2) is 10.2 Å². The maximum atomic E-state index is 4.24. The predicted molar refractivity (Wildman–Crippen MR) is 84.3 cm³/mol. The molecule has 2 aromatic heterocycles. The van der Waals surface area contributed by atoms with Gasteiger partial charge in [0.2, 0.25) is 5.13 Å². The second kappa shape index (κ2) is 6.01. The highest BCUT2D eigenvalue weighted by molar-refractivity contribution is 7.15. The largest absolute Gasteiger partial charge is 0.354 e. The van der Waals surface area contributed by atoms with Gasteiger partial charge in [-0.2, -0.15) is 0 Å². The van der Waals surface area contributed by atoms with E-state index in [4.69, 9.17) is 0 Å². The highest BCUT2D eigenvalue weighted by Gasteiger charge is 2.13. The molecule has 0 saturated heterocycles. The van der Waals surface area contributed by atoms with Gasteiger partial charge >= 0.3 is 0 Å². The molecule has 2 rings (SSSR count). The molecule has 1 N–H and O–H groups in total. The Morgan fingerprint density at radius 3 is 2.47 bits per heavy atom. The molecule has 0 spiro atoms. The van der Waals surface area contributed by atoms with Crippen LogP contribution >= 0.6 is 22.7 Å². The maximum Gasteiger partial charge on any atom is 0.206 e. The zero-order valence-corrected chi connectivity index (χ0v) is 13.8. The highest BCUT2D eigenvalue weighted by Crippen LogP contribution is 2.29. The van der Waals surface area contributed by atoms with Gasteiger partial charge in [0.25, 0.3) is 0 Å². The molecule has 2 aromatic rings. The van der Waals surface area contributed by atoms with Gasteiger partial charge < -0.3 is 5.32 Å². The van der Waals surface area contributed by atoms with Crippen molar-refractivity contribution >= 4 is 27.8 Å². The van der Waals surface area contributed by atoms with E-state index in [0.717, 1.165) is 16.6 Å². The molecule has 0 amide bonds. The fourth-order valence-corrected chi connectivity index (χ4v) is 4.15. The molecule has 0 saturated carbocycles. The summed E-state index contributed by atoms with van der Waals surface area (Å²) in [6.45, 7) is 10.9. The topological polar surface area (TPSA) is 37.8 Å². The molecule has 0 aliphatic heterocycles. The van der Waals surface area contributed by atoms with E-state index in [-0.39, 0.29) is 6.04 Å². The van der Waals surface area contributed by atoms with Crippen molar-refractivity contribution in [2.75, 3.05) is 5.32 Å². The minimum absolute atomic E-state index is 0.282. The van der Waals surface area contributed by atoms with E-state index >= 15 is 0 Å². The average molecular weight is 295 g/mol. The standard InChI is InChI=1S/C14H21N3S2/c1-8(2)6-13-16-17-14(19-13)15-10(4)12-7-9(3)18-11(12)5/h7-8,10H,6H2,1-5H3,(H,15,17). The Morgan fingerprint density at radius 1 is 1.16 bits per heavy atom. The summed E-state index contributed by atoms with van der Waals surface area (Å²) in [5, 5.41) is 14.0. The Labute approximate surface area is 123 Å². The average Bonchev–Trinajstić information content (AvgIpc) is 2.84. The number of hydrogen-bond acceptors (Lipinski definition) is 5. The molecule has 2 heterocycles. The molecule has 0 aliphatic carbocycles. The second-order valence-electron chi connectivity index (χ2n) is 5.33. The molecular formula is C14H21N3S2. The van der Waals surface area contributed by atoms with E-state index in [2.05, 4.69) is 56.2 Å². The number of anilines is 1. The molecule has 0 radical (unpaired) electrons. The van der Waals surface area contributed by atoms with Crippen LogP contribution in [0.2, 0.25) is 0 Å². The fourth-order valence-electron chi connectivity index (χ4n) is 2.09. The van der Waals surface area contributed by atoms with Crippen LogP contribution in [0.25, 0.3) is 0 Å². The Kier molecular flexibility index (Phi) is 4.58. The van der Waals surface area contributed by atoms with Gasteiger partial charge in [0.1, 0.15) is 5.01 Å². The fraction of sp³-hybridized carbons (Fsp3) is 0.571. The Morgan fingerprint density at radius 2 is 1.89 bits per heavy atom. The number of aryl methyl sites for hydroxylation is 2. The van der Waals surface area contributed by atoms with Crippen molar-refractivity contribution in [3.05, 3.63) is 26.4 Å². The van der Waals surface area contributed by atoms with Gasteiger partial charge in [-0.25, -0.2) is 0 Å². The molecule has 0 fully saturated rings. The number of thiophene rings is 1. The van der Waals surface area contributed by atoms with Crippen LogP contribution in [0, 0.1) is 19.8 Å². The summed E-state index contributed by atoms with van der Waals surface area (Å²) in [5.41, 5.74) is 1.36. The van der Waals surface area contributed by atoms with E-state index in [1.807, 2.05) is 11.3 Å². The number of aromatic nitrogens is 2. The molecule has 104 valence electrons. The Hall–Kier alpha value is -0.940. The van der Waals surface area contributed by atoms with Gasteiger partial charge in [-0.15, -0.1) is 21.5 Å². The number of nitrogens with one attached hydrogen (secondary N) is 1. The molecule has 0 bridgehead atoms. The Bertz CT molecular complexity index is 543. The van der Waals surface area contributed by atoms with Crippen LogP contribution in [0.1, 0.15) is 47.1 Å². The van der Waals surface area contributed by atoms with Crippen LogP contribution in [0.15, 0.2) is 6.07 Å². The highest BCUT2D eigenvalue weighted by atomic mass is 32.1. The summed E-state index contributed by atoms with van der Waals surface area (Å²) in [6.07, 6.45) is 1.00. The van der Waals surface area contributed by atoms with E-state index in [0.29, 0.717) is 5.92 Å². The predicted octanol–water partition coefficient (Wildman–Crippen LogP) is 4.59. The lowest BCUT2D eigenvalue weighted by Gasteiger charge is -2.12. The minimum Gasteiger partial charge on any atom is -0.354 e. The lowest BCUT2D eigenvalue weighted by molar-refractivity contribution is 0.640. The third-order valence-corrected chi connectivity index (χ3v) is 4.79. The van der Waals surface area contributed by atoms with Crippen LogP contribution < -0.4 is 5.32 Å². The lowest BCUT2D eigenvalue weighted by atomic mass is 10.1. The first-order chi connectivity index (χ1) is 8.95. The first-order valence-corrected chi connectivity index (χ1v) is 8.25. The summed E-state index contributed by atoms with van der Waals surface area (Å²) < 4.78 is 0. The van der Waals surface area contributed by atoms with Crippen molar-refractivity contribution in [1.29, 1.82) is 0 Å². The monoisotopic (exact) mass is 295 g/mol. The van der Waals surface area contributed by atoms with Gasteiger partial charge in [-0.3, -0.25) is 0 Å². The van der Waals surface area contributed by atoms with Gasteiger partial charge in [0.15, 0.2) is 0 Å². The van der Waals surface area contributed by atoms with E-state index in [1.54, 1.807) is 11.3 Å². The molecule has 1 atom stereocenters. The van der Waals surface area contributed by atoms with Crippen LogP contribution in [-0.2, 0) is 6.42 Å².